The van der Waals surface area contributed by atoms with E-state index in [0.29, 0.717) is 5.25 Å². The van der Waals surface area contributed by atoms with E-state index in [1.165, 1.54) is 11.0 Å². The maximum atomic E-state index is 13.1. The Kier molecular flexibility index (Phi) is 5.12. The van der Waals surface area contributed by atoms with Gasteiger partial charge in [-0.25, -0.2) is 4.39 Å². The first-order chi connectivity index (χ1) is 7.17. The van der Waals surface area contributed by atoms with Crippen LogP contribution in [0.3, 0.4) is 0 Å². The second-order valence-electron chi connectivity index (χ2n) is 3.62. The zero-order valence-corrected chi connectivity index (χ0v) is 10.3. The topological polar surface area (TPSA) is 12.0 Å². The molecule has 1 N–H and O–H groups in total. The highest BCUT2D eigenvalue weighted by atomic mass is 32.2. The van der Waals surface area contributed by atoms with Gasteiger partial charge in [0.15, 0.2) is 0 Å². The van der Waals surface area contributed by atoms with E-state index in [1.807, 2.05) is 24.9 Å². The number of thioether (sulfide) groups is 1. The molecule has 3 heteroatoms. The molecule has 0 aliphatic rings. The summed E-state index contributed by atoms with van der Waals surface area (Å²) in [6.07, 6.45) is 1.13. The van der Waals surface area contributed by atoms with Crippen molar-refractivity contribution in [3.05, 3.63) is 29.6 Å². The van der Waals surface area contributed by atoms with E-state index in [-0.39, 0.29) is 5.82 Å². The fourth-order valence-corrected chi connectivity index (χ4v) is 2.32. The van der Waals surface area contributed by atoms with Gasteiger partial charge in [-0.05, 0) is 37.2 Å². The van der Waals surface area contributed by atoms with Crippen molar-refractivity contribution in [3.63, 3.8) is 0 Å². The van der Waals surface area contributed by atoms with Crippen LogP contribution in [0, 0.1) is 5.82 Å². The van der Waals surface area contributed by atoms with Crippen molar-refractivity contribution in [2.45, 2.75) is 37.0 Å². The summed E-state index contributed by atoms with van der Waals surface area (Å²) in [5.41, 5.74) is 1.04. The number of halogens is 1. The van der Waals surface area contributed by atoms with E-state index in [9.17, 15) is 4.39 Å². The molecule has 0 saturated heterocycles. The molecule has 0 aliphatic heterocycles. The Morgan fingerprint density at radius 1 is 1.47 bits per heavy atom. The van der Waals surface area contributed by atoms with Gasteiger partial charge in [0.2, 0.25) is 0 Å². The van der Waals surface area contributed by atoms with Gasteiger partial charge in [0.05, 0.1) is 0 Å². The monoisotopic (exact) mass is 227 g/mol. The maximum absolute atomic E-state index is 13.1. The Labute approximate surface area is 95.5 Å². The van der Waals surface area contributed by atoms with Gasteiger partial charge in [-0.2, -0.15) is 0 Å². The quantitative estimate of drug-likeness (QED) is 0.773. The number of rotatable bonds is 5. The standard InChI is InChI=1S/C12H18FNS/c1-4-9(2)15-12-6-5-11(13)7-10(12)8-14-3/h5-7,9,14H,4,8H2,1-3H3. The summed E-state index contributed by atoms with van der Waals surface area (Å²) >= 11 is 1.81. The molecule has 1 atom stereocenters. The van der Waals surface area contributed by atoms with Gasteiger partial charge in [0.1, 0.15) is 5.82 Å². The minimum atomic E-state index is -0.159. The summed E-state index contributed by atoms with van der Waals surface area (Å²) < 4.78 is 13.1. The van der Waals surface area contributed by atoms with Crippen molar-refractivity contribution >= 4 is 11.8 Å². The van der Waals surface area contributed by atoms with Crippen LogP contribution in [-0.4, -0.2) is 12.3 Å². The lowest BCUT2D eigenvalue weighted by Gasteiger charge is -2.12. The molecule has 84 valence electrons. The molecule has 0 amide bonds. The van der Waals surface area contributed by atoms with Crippen molar-refractivity contribution in [1.82, 2.24) is 5.32 Å². The number of nitrogens with one attached hydrogen (secondary N) is 1. The minimum absolute atomic E-state index is 0.159. The highest BCUT2D eigenvalue weighted by Gasteiger charge is 2.07. The molecule has 1 aromatic rings. The highest BCUT2D eigenvalue weighted by Crippen LogP contribution is 2.28. The summed E-state index contributed by atoms with van der Waals surface area (Å²) in [5.74, 6) is -0.159. The van der Waals surface area contributed by atoms with Crippen LogP contribution in [0.5, 0.6) is 0 Å². The first-order valence-corrected chi connectivity index (χ1v) is 6.15. The Hall–Kier alpha value is -0.540. The summed E-state index contributed by atoms with van der Waals surface area (Å²) in [4.78, 5) is 1.18. The molecule has 0 fully saturated rings. The number of hydrogen-bond donors (Lipinski definition) is 1. The lowest BCUT2D eigenvalue weighted by molar-refractivity contribution is 0.621. The average Bonchev–Trinajstić information content (AvgIpc) is 2.22. The van der Waals surface area contributed by atoms with Crippen molar-refractivity contribution in [1.29, 1.82) is 0 Å². The molecular weight excluding hydrogens is 209 g/mol. The summed E-state index contributed by atoms with van der Waals surface area (Å²) in [7, 11) is 1.88. The van der Waals surface area contributed by atoms with E-state index in [2.05, 4.69) is 19.2 Å². The molecular formula is C12H18FNS. The molecule has 0 aromatic heterocycles. The van der Waals surface area contributed by atoms with Crippen molar-refractivity contribution < 1.29 is 4.39 Å². The largest absolute Gasteiger partial charge is 0.316 e. The van der Waals surface area contributed by atoms with Gasteiger partial charge >= 0.3 is 0 Å². The van der Waals surface area contributed by atoms with E-state index in [0.717, 1.165) is 18.5 Å². The normalized spacial score (nSPS) is 12.8. The Morgan fingerprint density at radius 3 is 2.80 bits per heavy atom. The van der Waals surface area contributed by atoms with E-state index < -0.39 is 0 Å². The van der Waals surface area contributed by atoms with E-state index in [4.69, 9.17) is 0 Å². The first-order valence-electron chi connectivity index (χ1n) is 5.27. The molecule has 0 spiro atoms. The summed E-state index contributed by atoms with van der Waals surface area (Å²) in [6, 6.07) is 5.02. The van der Waals surface area contributed by atoms with Crippen LogP contribution in [0.2, 0.25) is 0 Å². The molecule has 1 aromatic carbocycles. The molecule has 0 radical (unpaired) electrons. The van der Waals surface area contributed by atoms with Gasteiger partial charge in [-0.3, -0.25) is 0 Å². The zero-order chi connectivity index (χ0) is 11.3. The maximum Gasteiger partial charge on any atom is 0.123 e. The predicted octanol–water partition coefficient (Wildman–Crippen LogP) is 3.44. The second kappa shape index (κ2) is 6.13. The van der Waals surface area contributed by atoms with Gasteiger partial charge in [-0.15, -0.1) is 11.8 Å². The van der Waals surface area contributed by atoms with Crippen molar-refractivity contribution in [2.24, 2.45) is 0 Å². The third kappa shape index (κ3) is 3.84. The average molecular weight is 227 g/mol. The van der Waals surface area contributed by atoms with E-state index in [1.54, 1.807) is 6.07 Å². The van der Waals surface area contributed by atoms with Crippen LogP contribution in [0.4, 0.5) is 4.39 Å². The van der Waals surface area contributed by atoms with Gasteiger partial charge in [0.25, 0.3) is 0 Å². The second-order valence-corrected chi connectivity index (χ2v) is 5.10. The fourth-order valence-electron chi connectivity index (χ4n) is 1.29. The van der Waals surface area contributed by atoms with Crippen LogP contribution in [0.25, 0.3) is 0 Å². The zero-order valence-electron chi connectivity index (χ0n) is 9.51. The number of hydrogen-bond acceptors (Lipinski definition) is 2. The highest BCUT2D eigenvalue weighted by molar-refractivity contribution is 8.00. The summed E-state index contributed by atoms with van der Waals surface area (Å²) in [6.45, 7) is 5.08. The number of benzene rings is 1. The third-order valence-electron chi connectivity index (χ3n) is 2.29. The van der Waals surface area contributed by atoms with Crippen LogP contribution in [0.15, 0.2) is 23.1 Å². The van der Waals surface area contributed by atoms with Gasteiger partial charge in [0, 0.05) is 16.7 Å². The fraction of sp³-hybridized carbons (Fsp3) is 0.500. The molecule has 1 rings (SSSR count). The van der Waals surface area contributed by atoms with Crippen LogP contribution >= 0.6 is 11.8 Å². The SMILES string of the molecule is CCC(C)Sc1ccc(F)cc1CNC. The molecule has 1 nitrogen and oxygen atoms in total. The molecule has 15 heavy (non-hydrogen) atoms. The molecule has 0 bridgehead atoms. The smallest absolute Gasteiger partial charge is 0.123 e. The van der Waals surface area contributed by atoms with E-state index >= 15 is 0 Å². The molecule has 0 heterocycles. The Bertz CT molecular complexity index is 314. The lowest BCUT2D eigenvalue weighted by Crippen LogP contribution is -2.07. The van der Waals surface area contributed by atoms with Gasteiger partial charge in [-0.1, -0.05) is 13.8 Å². The first kappa shape index (κ1) is 12.5. The van der Waals surface area contributed by atoms with Crippen LogP contribution in [0.1, 0.15) is 25.8 Å². The van der Waals surface area contributed by atoms with Crippen molar-refractivity contribution in [2.75, 3.05) is 7.05 Å². The van der Waals surface area contributed by atoms with Crippen molar-refractivity contribution in [3.8, 4) is 0 Å². The van der Waals surface area contributed by atoms with Crippen LogP contribution in [-0.2, 0) is 6.54 Å². The molecule has 1 unspecified atom stereocenters. The lowest BCUT2D eigenvalue weighted by atomic mass is 10.2. The minimum Gasteiger partial charge on any atom is -0.316 e. The molecule has 0 aliphatic carbocycles. The predicted molar refractivity (Wildman–Crippen MR) is 64.8 cm³/mol. The summed E-state index contributed by atoms with van der Waals surface area (Å²) in [5, 5.41) is 3.64. The Morgan fingerprint density at radius 2 is 2.20 bits per heavy atom. The Balaban J connectivity index is 2.85. The third-order valence-corrected chi connectivity index (χ3v) is 3.68. The van der Waals surface area contributed by atoms with Gasteiger partial charge < -0.3 is 5.32 Å². The van der Waals surface area contributed by atoms with Crippen LogP contribution < -0.4 is 5.32 Å². The molecule has 0 saturated carbocycles.